The van der Waals surface area contributed by atoms with E-state index in [1.54, 1.807) is 6.92 Å². The normalized spacial score (nSPS) is 20.0. The van der Waals surface area contributed by atoms with E-state index in [9.17, 15) is 14.7 Å². The molecule has 1 aromatic carbocycles. The van der Waals surface area contributed by atoms with Gasteiger partial charge in [-0.15, -0.1) is 0 Å². The Morgan fingerprint density at radius 2 is 1.63 bits per heavy atom. The van der Waals surface area contributed by atoms with Gasteiger partial charge >= 0.3 is 0 Å². The van der Waals surface area contributed by atoms with Crippen LogP contribution >= 0.6 is 0 Å². The number of likely N-dealkylation sites (tertiary alicyclic amines) is 1. The molecule has 4 heteroatoms. The number of nitrogens with zero attached hydrogens (tertiary/aromatic N) is 1. The molecule has 2 amide bonds. The number of hydrogen-bond donors (Lipinski definition) is 1. The van der Waals surface area contributed by atoms with E-state index >= 15 is 0 Å². The van der Waals surface area contributed by atoms with Crippen molar-refractivity contribution in [2.75, 3.05) is 6.61 Å². The minimum absolute atomic E-state index is 0.192. The molecule has 1 aliphatic rings. The number of hydrogen-bond acceptors (Lipinski definition) is 3. The molecular formula is C15H19NO3. The number of amides is 2. The summed E-state index contributed by atoms with van der Waals surface area (Å²) in [6, 6.07) is 9.22. The molecule has 2 rings (SSSR count). The average Bonchev–Trinajstić information content (AvgIpc) is 2.60. The summed E-state index contributed by atoms with van der Waals surface area (Å²) in [5.41, 5.74) is -0.194. The highest BCUT2D eigenvalue weighted by Gasteiger charge is 2.41. The predicted molar refractivity (Wildman–Crippen MR) is 71.2 cm³/mol. The molecule has 102 valence electrons. The maximum atomic E-state index is 12.2. The van der Waals surface area contributed by atoms with Crippen LogP contribution in [0.25, 0.3) is 0 Å². The predicted octanol–water partition coefficient (Wildman–Crippen LogP) is 1.82. The number of benzene rings is 1. The first kappa shape index (κ1) is 13.7. The van der Waals surface area contributed by atoms with Crippen molar-refractivity contribution in [3.63, 3.8) is 0 Å². The molecule has 19 heavy (non-hydrogen) atoms. The monoisotopic (exact) mass is 261 g/mol. The van der Waals surface area contributed by atoms with Gasteiger partial charge in [-0.05, 0) is 25.3 Å². The van der Waals surface area contributed by atoms with Gasteiger partial charge in [0.05, 0.1) is 12.1 Å². The van der Waals surface area contributed by atoms with Crippen LogP contribution in [0.15, 0.2) is 30.3 Å². The zero-order valence-electron chi connectivity index (χ0n) is 11.1. The molecule has 0 radical (unpaired) electrons. The molecule has 1 N–H and O–H groups in total. The zero-order chi connectivity index (χ0) is 13.9. The summed E-state index contributed by atoms with van der Waals surface area (Å²) >= 11 is 0. The van der Waals surface area contributed by atoms with Crippen LogP contribution in [0, 0.1) is 0 Å². The number of imide groups is 1. The lowest BCUT2D eigenvalue weighted by Gasteiger charge is -2.38. The molecule has 0 aromatic heterocycles. The lowest BCUT2D eigenvalue weighted by Crippen LogP contribution is -2.52. The van der Waals surface area contributed by atoms with Gasteiger partial charge < -0.3 is 5.11 Å². The Balaban J connectivity index is 2.44. The largest absolute Gasteiger partial charge is 0.394 e. The van der Waals surface area contributed by atoms with Crippen molar-refractivity contribution in [3.05, 3.63) is 35.9 Å². The number of rotatable bonds is 3. The van der Waals surface area contributed by atoms with Gasteiger partial charge in [0.1, 0.15) is 0 Å². The van der Waals surface area contributed by atoms with Crippen molar-refractivity contribution >= 4 is 11.8 Å². The minimum atomic E-state index is -0.972. The fraction of sp³-hybridized carbons (Fsp3) is 0.467. The molecule has 1 saturated heterocycles. The highest BCUT2D eigenvalue weighted by atomic mass is 16.3. The van der Waals surface area contributed by atoms with Crippen LogP contribution < -0.4 is 0 Å². The summed E-state index contributed by atoms with van der Waals surface area (Å²) in [5, 5.41) is 9.77. The van der Waals surface area contributed by atoms with Crippen LogP contribution in [0.1, 0.15) is 38.2 Å². The average molecular weight is 261 g/mol. The van der Waals surface area contributed by atoms with Gasteiger partial charge in [0.2, 0.25) is 11.8 Å². The van der Waals surface area contributed by atoms with Gasteiger partial charge in [-0.25, -0.2) is 0 Å². The van der Waals surface area contributed by atoms with E-state index in [4.69, 9.17) is 0 Å². The van der Waals surface area contributed by atoms with Crippen LogP contribution in [-0.4, -0.2) is 28.4 Å². The van der Waals surface area contributed by atoms with E-state index in [1.807, 2.05) is 30.3 Å². The fourth-order valence-corrected chi connectivity index (χ4v) is 2.55. The Bertz CT molecular complexity index is 454. The summed E-state index contributed by atoms with van der Waals surface area (Å²) in [6.45, 7) is 1.47. The molecule has 1 fully saturated rings. The van der Waals surface area contributed by atoms with E-state index in [2.05, 4.69) is 0 Å². The van der Waals surface area contributed by atoms with Gasteiger partial charge in [0.15, 0.2) is 0 Å². The molecule has 1 heterocycles. The van der Waals surface area contributed by atoms with Gasteiger partial charge in [-0.3, -0.25) is 14.5 Å². The quantitative estimate of drug-likeness (QED) is 0.844. The number of carbonyl (C=O) groups excluding carboxylic acids is 2. The SMILES string of the molecule is CC(CO)(c1ccccc1)N1C(=O)CCCCC1=O. The minimum Gasteiger partial charge on any atom is -0.394 e. The first-order valence-electron chi connectivity index (χ1n) is 6.62. The summed E-state index contributed by atoms with van der Waals surface area (Å²) in [6.07, 6.45) is 2.21. The van der Waals surface area contributed by atoms with Crippen molar-refractivity contribution < 1.29 is 14.7 Å². The first-order valence-corrected chi connectivity index (χ1v) is 6.62. The third kappa shape index (κ3) is 2.54. The third-order valence-corrected chi connectivity index (χ3v) is 3.73. The maximum absolute atomic E-state index is 12.2. The van der Waals surface area contributed by atoms with Gasteiger partial charge in [0.25, 0.3) is 0 Å². The summed E-state index contributed by atoms with van der Waals surface area (Å²) in [5.74, 6) is -0.384. The van der Waals surface area contributed by atoms with E-state index in [0.717, 1.165) is 18.4 Å². The zero-order valence-corrected chi connectivity index (χ0v) is 11.1. The number of aliphatic hydroxyl groups excluding tert-OH is 1. The summed E-state index contributed by atoms with van der Waals surface area (Å²) < 4.78 is 0. The number of aliphatic hydroxyl groups is 1. The van der Waals surface area contributed by atoms with Crippen LogP contribution in [0.4, 0.5) is 0 Å². The van der Waals surface area contributed by atoms with Gasteiger partial charge in [-0.1, -0.05) is 30.3 Å². The van der Waals surface area contributed by atoms with E-state index < -0.39 is 5.54 Å². The second-order valence-electron chi connectivity index (χ2n) is 5.13. The topological polar surface area (TPSA) is 57.6 Å². The summed E-state index contributed by atoms with van der Waals surface area (Å²) in [7, 11) is 0. The van der Waals surface area contributed by atoms with Crippen LogP contribution in [-0.2, 0) is 15.1 Å². The third-order valence-electron chi connectivity index (χ3n) is 3.73. The molecule has 0 spiro atoms. The Kier molecular flexibility index (Phi) is 4.00. The Hall–Kier alpha value is -1.68. The van der Waals surface area contributed by atoms with E-state index in [-0.39, 0.29) is 18.4 Å². The molecule has 1 atom stereocenters. The van der Waals surface area contributed by atoms with Crippen molar-refractivity contribution in [2.24, 2.45) is 0 Å². The van der Waals surface area contributed by atoms with Crippen LogP contribution in [0.5, 0.6) is 0 Å². The second-order valence-corrected chi connectivity index (χ2v) is 5.13. The first-order chi connectivity index (χ1) is 9.09. The molecule has 1 aromatic rings. The second kappa shape index (κ2) is 5.53. The number of carbonyl (C=O) groups is 2. The van der Waals surface area contributed by atoms with Crippen molar-refractivity contribution in [1.82, 2.24) is 4.90 Å². The molecule has 1 unspecified atom stereocenters. The lowest BCUT2D eigenvalue weighted by atomic mass is 9.90. The Labute approximate surface area is 113 Å². The smallest absolute Gasteiger partial charge is 0.230 e. The Morgan fingerprint density at radius 1 is 1.11 bits per heavy atom. The molecular weight excluding hydrogens is 242 g/mol. The fourth-order valence-electron chi connectivity index (χ4n) is 2.55. The van der Waals surface area contributed by atoms with Crippen molar-refractivity contribution in [2.45, 2.75) is 38.1 Å². The highest BCUT2D eigenvalue weighted by molar-refractivity contribution is 5.97. The van der Waals surface area contributed by atoms with Crippen molar-refractivity contribution in [3.8, 4) is 0 Å². The van der Waals surface area contributed by atoms with Crippen LogP contribution in [0.3, 0.4) is 0 Å². The molecule has 0 bridgehead atoms. The lowest BCUT2D eigenvalue weighted by molar-refractivity contribution is -0.153. The van der Waals surface area contributed by atoms with Crippen molar-refractivity contribution in [1.29, 1.82) is 0 Å². The Morgan fingerprint density at radius 3 is 2.11 bits per heavy atom. The molecule has 1 aliphatic heterocycles. The molecule has 4 nitrogen and oxygen atoms in total. The molecule has 0 saturated carbocycles. The highest BCUT2D eigenvalue weighted by Crippen LogP contribution is 2.31. The van der Waals surface area contributed by atoms with E-state index in [0.29, 0.717) is 12.8 Å². The molecule has 0 aliphatic carbocycles. The van der Waals surface area contributed by atoms with Gasteiger partial charge in [-0.2, -0.15) is 0 Å². The van der Waals surface area contributed by atoms with E-state index in [1.165, 1.54) is 4.90 Å². The standard InChI is InChI=1S/C15H19NO3/c1-15(11-17,12-7-3-2-4-8-12)16-13(18)9-5-6-10-14(16)19/h2-4,7-8,17H,5-6,9-11H2,1H3. The summed E-state index contributed by atoms with van der Waals surface area (Å²) in [4.78, 5) is 25.7. The van der Waals surface area contributed by atoms with Crippen LogP contribution in [0.2, 0.25) is 0 Å². The van der Waals surface area contributed by atoms with Gasteiger partial charge in [0, 0.05) is 12.8 Å². The maximum Gasteiger partial charge on any atom is 0.230 e.